The summed E-state index contributed by atoms with van der Waals surface area (Å²) in [7, 11) is 0. The summed E-state index contributed by atoms with van der Waals surface area (Å²) in [4.78, 5) is 0. The van der Waals surface area contributed by atoms with Crippen LogP contribution in [0, 0.1) is 5.41 Å². The minimum atomic E-state index is -0.336. The molecule has 0 aromatic heterocycles. The number of hydrogen-bond acceptors (Lipinski definition) is 4. The Balaban J connectivity index is 2.33. The Hall–Kier alpha value is -0.810. The number of amidine groups is 1. The lowest BCUT2D eigenvalue weighted by Gasteiger charge is -2.32. The number of ether oxygens (including phenoxy) is 2. The van der Waals surface area contributed by atoms with Crippen molar-refractivity contribution in [3.63, 3.8) is 0 Å². The van der Waals surface area contributed by atoms with Gasteiger partial charge in [0.2, 0.25) is 0 Å². The molecular formula is C13H26N2O3. The van der Waals surface area contributed by atoms with Crippen LogP contribution in [-0.2, 0) is 9.47 Å². The molecule has 0 saturated carbocycles. The zero-order valence-corrected chi connectivity index (χ0v) is 11.8. The summed E-state index contributed by atoms with van der Waals surface area (Å²) in [5, 5.41) is 11.8. The molecule has 5 heteroatoms. The molecule has 1 fully saturated rings. The van der Waals surface area contributed by atoms with Crippen molar-refractivity contribution in [3.05, 3.63) is 0 Å². The SMILES string of the molecule is CC1CC(OCCC(C)(C)C(N)=NO)CC(C)O1. The van der Waals surface area contributed by atoms with Crippen molar-refractivity contribution in [2.75, 3.05) is 6.61 Å². The molecule has 106 valence electrons. The lowest BCUT2D eigenvalue weighted by molar-refractivity contribution is -0.103. The summed E-state index contributed by atoms with van der Waals surface area (Å²) in [6.45, 7) is 8.66. The third kappa shape index (κ3) is 4.46. The van der Waals surface area contributed by atoms with Gasteiger partial charge in [0.15, 0.2) is 0 Å². The Labute approximate surface area is 109 Å². The van der Waals surface area contributed by atoms with Gasteiger partial charge in [-0.1, -0.05) is 19.0 Å². The highest BCUT2D eigenvalue weighted by molar-refractivity contribution is 5.85. The first-order valence-corrected chi connectivity index (χ1v) is 6.60. The molecule has 5 nitrogen and oxygen atoms in total. The Bertz CT molecular complexity index is 282. The minimum absolute atomic E-state index is 0.250. The molecule has 2 atom stereocenters. The topological polar surface area (TPSA) is 77.1 Å². The molecular weight excluding hydrogens is 232 g/mol. The normalized spacial score (nSPS) is 30.4. The van der Waals surface area contributed by atoms with Crippen LogP contribution < -0.4 is 5.73 Å². The van der Waals surface area contributed by atoms with Gasteiger partial charge in [0.25, 0.3) is 0 Å². The molecule has 0 bridgehead atoms. The van der Waals surface area contributed by atoms with Crippen LogP contribution in [0.3, 0.4) is 0 Å². The van der Waals surface area contributed by atoms with Crippen LogP contribution >= 0.6 is 0 Å². The van der Waals surface area contributed by atoms with Gasteiger partial charge in [0.1, 0.15) is 5.84 Å². The molecule has 1 aliphatic heterocycles. The van der Waals surface area contributed by atoms with Crippen LogP contribution in [0.4, 0.5) is 0 Å². The van der Waals surface area contributed by atoms with E-state index in [2.05, 4.69) is 19.0 Å². The first-order valence-electron chi connectivity index (χ1n) is 6.60. The summed E-state index contributed by atoms with van der Waals surface area (Å²) in [6.07, 6.45) is 3.39. The molecule has 18 heavy (non-hydrogen) atoms. The van der Waals surface area contributed by atoms with Gasteiger partial charge in [-0.05, 0) is 33.1 Å². The second-order valence-corrected chi connectivity index (χ2v) is 5.84. The van der Waals surface area contributed by atoms with Gasteiger partial charge < -0.3 is 20.4 Å². The third-order valence-electron chi connectivity index (χ3n) is 3.54. The highest BCUT2D eigenvalue weighted by Gasteiger charge is 2.27. The molecule has 1 aliphatic rings. The highest BCUT2D eigenvalue weighted by atomic mass is 16.5. The maximum atomic E-state index is 8.69. The van der Waals surface area contributed by atoms with Crippen LogP contribution in [0.1, 0.15) is 47.0 Å². The molecule has 2 unspecified atom stereocenters. The van der Waals surface area contributed by atoms with Gasteiger partial charge >= 0.3 is 0 Å². The second kappa shape index (κ2) is 6.38. The van der Waals surface area contributed by atoms with E-state index in [4.69, 9.17) is 20.4 Å². The van der Waals surface area contributed by atoms with Gasteiger partial charge in [0, 0.05) is 12.0 Å². The largest absolute Gasteiger partial charge is 0.409 e. The highest BCUT2D eigenvalue weighted by Crippen LogP contribution is 2.24. The molecule has 0 amide bonds. The van der Waals surface area contributed by atoms with Gasteiger partial charge in [0.05, 0.1) is 18.3 Å². The van der Waals surface area contributed by atoms with Crippen LogP contribution in [0.2, 0.25) is 0 Å². The number of nitrogens with two attached hydrogens (primary N) is 1. The summed E-state index contributed by atoms with van der Waals surface area (Å²) in [5.74, 6) is 0.250. The standard InChI is InChI=1S/C13H26N2O3/c1-9-7-11(8-10(2)18-9)17-6-5-13(3,4)12(14)15-16/h9-11,16H,5-8H2,1-4H3,(H2,14,15). The number of nitrogens with zero attached hydrogens (tertiary/aromatic N) is 1. The van der Waals surface area contributed by atoms with Crippen LogP contribution in [-0.4, -0.2) is 36.0 Å². The average molecular weight is 258 g/mol. The molecule has 1 rings (SSSR count). The Morgan fingerprint density at radius 1 is 1.39 bits per heavy atom. The fourth-order valence-corrected chi connectivity index (χ4v) is 2.22. The molecule has 0 aliphatic carbocycles. The minimum Gasteiger partial charge on any atom is -0.409 e. The molecule has 0 spiro atoms. The third-order valence-corrected chi connectivity index (χ3v) is 3.54. The Morgan fingerprint density at radius 3 is 2.44 bits per heavy atom. The number of oxime groups is 1. The fraction of sp³-hybridized carbons (Fsp3) is 0.923. The maximum Gasteiger partial charge on any atom is 0.144 e. The Morgan fingerprint density at radius 2 is 1.94 bits per heavy atom. The van der Waals surface area contributed by atoms with E-state index in [1.165, 1.54) is 0 Å². The van der Waals surface area contributed by atoms with Crippen molar-refractivity contribution >= 4 is 5.84 Å². The van der Waals surface area contributed by atoms with Crippen molar-refractivity contribution in [3.8, 4) is 0 Å². The van der Waals surface area contributed by atoms with Crippen LogP contribution in [0.5, 0.6) is 0 Å². The average Bonchev–Trinajstić information content (AvgIpc) is 2.26. The quantitative estimate of drug-likeness (QED) is 0.343. The van der Waals surface area contributed by atoms with Crippen molar-refractivity contribution < 1.29 is 14.7 Å². The van der Waals surface area contributed by atoms with Crippen LogP contribution in [0.15, 0.2) is 5.16 Å². The summed E-state index contributed by atoms with van der Waals surface area (Å²) in [6, 6.07) is 0. The molecule has 0 radical (unpaired) electrons. The number of hydrogen-bond donors (Lipinski definition) is 2. The van der Waals surface area contributed by atoms with E-state index < -0.39 is 0 Å². The van der Waals surface area contributed by atoms with Crippen molar-refractivity contribution in [1.82, 2.24) is 0 Å². The summed E-state index contributed by atoms with van der Waals surface area (Å²) >= 11 is 0. The van der Waals surface area contributed by atoms with E-state index in [1.54, 1.807) is 0 Å². The fourth-order valence-electron chi connectivity index (χ4n) is 2.22. The van der Waals surface area contributed by atoms with E-state index in [9.17, 15) is 0 Å². The van der Waals surface area contributed by atoms with Gasteiger partial charge in [-0.2, -0.15) is 0 Å². The van der Waals surface area contributed by atoms with Crippen molar-refractivity contribution in [1.29, 1.82) is 0 Å². The van der Waals surface area contributed by atoms with E-state index in [-0.39, 0.29) is 29.6 Å². The van der Waals surface area contributed by atoms with E-state index in [0.717, 1.165) is 19.3 Å². The predicted molar refractivity (Wildman–Crippen MR) is 70.8 cm³/mol. The van der Waals surface area contributed by atoms with E-state index in [0.29, 0.717) is 6.61 Å². The predicted octanol–water partition coefficient (Wildman–Crippen LogP) is 2.12. The van der Waals surface area contributed by atoms with E-state index >= 15 is 0 Å². The summed E-state index contributed by atoms with van der Waals surface area (Å²) in [5.41, 5.74) is 5.30. The van der Waals surface area contributed by atoms with E-state index in [1.807, 2.05) is 13.8 Å². The van der Waals surface area contributed by atoms with Crippen LogP contribution in [0.25, 0.3) is 0 Å². The maximum absolute atomic E-state index is 8.69. The monoisotopic (exact) mass is 258 g/mol. The lowest BCUT2D eigenvalue weighted by Crippen LogP contribution is -2.36. The molecule has 0 aromatic rings. The summed E-state index contributed by atoms with van der Waals surface area (Å²) < 4.78 is 11.5. The number of rotatable bonds is 5. The first-order chi connectivity index (χ1) is 8.35. The zero-order valence-electron chi connectivity index (χ0n) is 11.8. The van der Waals surface area contributed by atoms with Gasteiger partial charge in [-0.15, -0.1) is 0 Å². The van der Waals surface area contributed by atoms with Gasteiger partial charge in [-0.25, -0.2) is 0 Å². The molecule has 1 saturated heterocycles. The van der Waals surface area contributed by atoms with Gasteiger partial charge in [-0.3, -0.25) is 0 Å². The van der Waals surface area contributed by atoms with Crippen molar-refractivity contribution in [2.24, 2.45) is 16.3 Å². The second-order valence-electron chi connectivity index (χ2n) is 5.84. The lowest BCUT2D eigenvalue weighted by atomic mass is 9.88. The molecule has 0 aromatic carbocycles. The first kappa shape index (κ1) is 15.2. The Kier molecular flexibility index (Phi) is 5.41. The molecule has 3 N–H and O–H groups in total. The smallest absolute Gasteiger partial charge is 0.144 e. The molecule has 1 heterocycles. The zero-order chi connectivity index (χ0) is 13.8. The van der Waals surface area contributed by atoms with Crippen molar-refractivity contribution in [2.45, 2.75) is 65.3 Å².